The van der Waals surface area contributed by atoms with Crippen LogP contribution in [0.3, 0.4) is 0 Å². The van der Waals surface area contributed by atoms with Crippen LogP contribution in [0, 0.1) is 11.3 Å². The van der Waals surface area contributed by atoms with E-state index >= 15 is 0 Å². The maximum Gasteiger partial charge on any atom is 0.421 e. The van der Waals surface area contributed by atoms with Crippen LogP contribution < -0.4 is 9.64 Å². The molecule has 2 rings (SSSR count). The molecule has 1 atom stereocenters. The van der Waals surface area contributed by atoms with E-state index in [9.17, 15) is 9.59 Å². The Bertz CT molecular complexity index is 700. The summed E-state index contributed by atoms with van der Waals surface area (Å²) in [5.41, 5.74) is -0.801. The molecule has 122 valence electrons. The van der Waals surface area contributed by atoms with Crippen LogP contribution in [0.1, 0.15) is 39.7 Å². The Hall–Kier alpha value is -2.55. The van der Waals surface area contributed by atoms with Gasteiger partial charge in [-0.25, -0.2) is 9.69 Å². The van der Waals surface area contributed by atoms with Crippen LogP contribution in [0.2, 0.25) is 0 Å². The molecule has 0 N–H and O–H groups in total. The lowest BCUT2D eigenvalue weighted by Gasteiger charge is -2.25. The fourth-order valence-corrected chi connectivity index (χ4v) is 2.57. The zero-order valence-electron chi connectivity index (χ0n) is 14.0. The minimum Gasteiger partial charge on any atom is -0.497 e. The topological polar surface area (TPSA) is 79.6 Å². The number of imide groups is 1. The molecule has 0 radical (unpaired) electrons. The average molecular weight is 316 g/mol. The number of benzene rings is 1. The number of anilines is 1. The molecule has 0 aliphatic carbocycles. The first-order chi connectivity index (χ1) is 10.6. The average Bonchev–Trinajstić information content (AvgIpc) is 2.66. The summed E-state index contributed by atoms with van der Waals surface area (Å²) in [4.78, 5) is 26.3. The van der Waals surface area contributed by atoms with Crippen molar-refractivity contribution in [1.82, 2.24) is 0 Å². The van der Waals surface area contributed by atoms with E-state index < -0.39 is 23.0 Å². The molecule has 1 unspecified atom stereocenters. The van der Waals surface area contributed by atoms with Gasteiger partial charge < -0.3 is 9.47 Å². The van der Waals surface area contributed by atoms with Gasteiger partial charge in [0, 0.05) is 0 Å². The van der Waals surface area contributed by atoms with E-state index in [2.05, 4.69) is 0 Å². The Labute approximate surface area is 135 Å². The van der Waals surface area contributed by atoms with Gasteiger partial charge in [-0.05, 0) is 51.5 Å². The van der Waals surface area contributed by atoms with Gasteiger partial charge in [0.05, 0.1) is 30.7 Å². The van der Waals surface area contributed by atoms with Crippen molar-refractivity contribution in [3.63, 3.8) is 0 Å². The number of amides is 2. The number of rotatable bonds is 2. The Balaban J connectivity index is 2.55. The van der Waals surface area contributed by atoms with Crippen molar-refractivity contribution in [2.45, 2.75) is 45.1 Å². The van der Waals surface area contributed by atoms with Gasteiger partial charge in [0.15, 0.2) is 0 Å². The summed E-state index contributed by atoms with van der Waals surface area (Å²) in [6.07, 6.45) is -0.777. The smallest absolute Gasteiger partial charge is 0.421 e. The highest BCUT2D eigenvalue weighted by molar-refractivity contribution is 6.21. The molecule has 23 heavy (non-hydrogen) atoms. The zero-order chi connectivity index (χ0) is 17.4. The molecule has 0 bridgehead atoms. The summed E-state index contributed by atoms with van der Waals surface area (Å²) < 4.78 is 10.5. The Morgan fingerprint density at radius 2 is 2.04 bits per heavy atom. The monoisotopic (exact) mass is 316 g/mol. The predicted molar refractivity (Wildman–Crippen MR) is 84.3 cm³/mol. The number of nitrogens with zero attached hydrogens (tertiary/aromatic N) is 2. The first kappa shape index (κ1) is 16.8. The molecular weight excluding hydrogens is 296 g/mol. The summed E-state index contributed by atoms with van der Waals surface area (Å²) in [6.45, 7) is 6.85. The lowest BCUT2D eigenvalue weighted by atomic mass is 9.81. The minimum atomic E-state index is -1.10. The molecular formula is C17H20N2O4. The van der Waals surface area contributed by atoms with Crippen LogP contribution >= 0.6 is 0 Å². The van der Waals surface area contributed by atoms with Crippen LogP contribution in [0.5, 0.6) is 5.75 Å². The Morgan fingerprint density at radius 3 is 2.57 bits per heavy atom. The van der Waals surface area contributed by atoms with Gasteiger partial charge in [0.1, 0.15) is 11.4 Å². The summed E-state index contributed by atoms with van der Waals surface area (Å²) in [5, 5.41) is 9.10. The van der Waals surface area contributed by atoms with Gasteiger partial charge in [-0.2, -0.15) is 5.26 Å². The molecule has 6 nitrogen and oxygen atoms in total. The molecule has 1 aliphatic rings. The number of carbonyl (C=O) groups excluding carboxylic acids is 2. The van der Waals surface area contributed by atoms with Crippen molar-refractivity contribution in [1.29, 1.82) is 5.26 Å². The molecule has 0 fully saturated rings. The van der Waals surface area contributed by atoms with Gasteiger partial charge in [0.2, 0.25) is 5.91 Å². The molecule has 0 spiro atoms. The zero-order valence-corrected chi connectivity index (χ0v) is 14.0. The van der Waals surface area contributed by atoms with Gasteiger partial charge in [0.25, 0.3) is 0 Å². The third-order valence-electron chi connectivity index (χ3n) is 3.72. The van der Waals surface area contributed by atoms with Crippen molar-refractivity contribution in [3.05, 3.63) is 23.8 Å². The summed E-state index contributed by atoms with van der Waals surface area (Å²) in [6, 6.07) is 7.02. The number of nitriles is 1. The molecule has 1 heterocycles. The molecule has 1 aromatic carbocycles. The fraction of sp³-hybridized carbons (Fsp3) is 0.471. The quantitative estimate of drug-likeness (QED) is 0.837. The van der Waals surface area contributed by atoms with E-state index in [0.29, 0.717) is 17.0 Å². The molecule has 0 saturated carbocycles. The number of carbonyl (C=O) groups is 2. The number of methoxy groups -OCH3 is 1. The van der Waals surface area contributed by atoms with E-state index in [0.717, 1.165) is 4.90 Å². The number of fused-ring (bicyclic) bond motifs is 1. The number of hydrogen-bond donors (Lipinski definition) is 0. The van der Waals surface area contributed by atoms with Gasteiger partial charge in [-0.1, -0.05) is 0 Å². The highest BCUT2D eigenvalue weighted by Gasteiger charge is 2.51. The van der Waals surface area contributed by atoms with E-state index in [-0.39, 0.29) is 6.42 Å². The number of hydrogen-bond acceptors (Lipinski definition) is 5. The van der Waals surface area contributed by atoms with Crippen molar-refractivity contribution in [2.24, 2.45) is 0 Å². The van der Waals surface area contributed by atoms with Crippen LogP contribution in [-0.2, 0) is 14.9 Å². The highest BCUT2D eigenvalue weighted by Crippen LogP contribution is 2.45. The minimum absolute atomic E-state index is 0.0364. The second-order valence-electron chi connectivity index (χ2n) is 6.67. The van der Waals surface area contributed by atoms with Gasteiger partial charge in [-0.15, -0.1) is 0 Å². The first-order valence-electron chi connectivity index (χ1n) is 7.27. The molecule has 0 aromatic heterocycles. The van der Waals surface area contributed by atoms with Crippen LogP contribution in [0.4, 0.5) is 10.5 Å². The van der Waals surface area contributed by atoms with Crippen molar-refractivity contribution < 1.29 is 19.1 Å². The van der Waals surface area contributed by atoms with Crippen molar-refractivity contribution in [2.75, 3.05) is 12.0 Å². The van der Waals surface area contributed by atoms with Crippen LogP contribution in [-0.4, -0.2) is 24.7 Å². The standard InChI is InChI=1S/C17H20N2O4/c1-16(2,3)23-15(21)19-13-7-6-11(22-5)10-12(13)17(4,8-9-18)14(19)20/h6-7,10H,8H2,1-5H3. The van der Waals surface area contributed by atoms with Crippen molar-refractivity contribution in [3.8, 4) is 11.8 Å². The summed E-state index contributed by atoms with van der Waals surface area (Å²) in [7, 11) is 1.52. The highest BCUT2D eigenvalue weighted by atomic mass is 16.6. The fourth-order valence-electron chi connectivity index (χ4n) is 2.57. The second kappa shape index (κ2) is 5.58. The van der Waals surface area contributed by atoms with Gasteiger partial charge in [-0.3, -0.25) is 4.79 Å². The summed E-state index contributed by atoms with van der Waals surface area (Å²) in [5.74, 6) is 0.100. The third kappa shape index (κ3) is 2.87. The molecule has 1 aliphatic heterocycles. The molecule has 2 amide bonds. The lowest BCUT2D eigenvalue weighted by Crippen LogP contribution is -2.44. The largest absolute Gasteiger partial charge is 0.497 e. The second-order valence-corrected chi connectivity index (χ2v) is 6.67. The normalized spacial score (nSPS) is 20.0. The molecule has 1 aromatic rings. The predicted octanol–water partition coefficient (Wildman–Crippen LogP) is 3.15. The maximum atomic E-state index is 12.8. The van der Waals surface area contributed by atoms with E-state index in [4.69, 9.17) is 14.7 Å². The summed E-state index contributed by atoms with van der Waals surface area (Å²) >= 11 is 0. The maximum absolute atomic E-state index is 12.8. The lowest BCUT2D eigenvalue weighted by molar-refractivity contribution is -0.122. The van der Waals surface area contributed by atoms with Crippen molar-refractivity contribution >= 4 is 17.7 Å². The third-order valence-corrected chi connectivity index (χ3v) is 3.72. The van der Waals surface area contributed by atoms with Gasteiger partial charge >= 0.3 is 6.09 Å². The van der Waals surface area contributed by atoms with Crippen LogP contribution in [0.15, 0.2) is 18.2 Å². The Morgan fingerprint density at radius 1 is 1.39 bits per heavy atom. The molecule has 0 saturated heterocycles. The van der Waals surface area contributed by atoms with E-state index in [1.54, 1.807) is 45.9 Å². The van der Waals surface area contributed by atoms with E-state index in [1.807, 2.05) is 6.07 Å². The Kier molecular flexibility index (Phi) is 4.08. The first-order valence-corrected chi connectivity index (χ1v) is 7.27. The number of ether oxygens (including phenoxy) is 2. The van der Waals surface area contributed by atoms with E-state index in [1.165, 1.54) is 7.11 Å². The SMILES string of the molecule is COc1ccc2c(c1)C(C)(CC#N)C(=O)N2C(=O)OC(C)(C)C. The van der Waals surface area contributed by atoms with Crippen LogP contribution in [0.25, 0.3) is 0 Å². The molecule has 6 heteroatoms.